The van der Waals surface area contributed by atoms with E-state index in [0.29, 0.717) is 30.8 Å². The van der Waals surface area contributed by atoms with E-state index in [1.807, 2.05) is 0 Å². The molecule has 1 saturated heterocycles. The van der Waals surface area contributed by atoms with E-state index in [-0.39, 0.29) is 6.10 Å². The molecule has 1 aliphatic rings. The van der Waals surface area contributed by atoms with Gasteiger partial charge in [0.1, 0.15) is 0 Å². The second-order valence-corrected chi connectivity index (χ2v) is 5.43. The third-order valence-corrected chi connectivity index (χ3v) is 4.03. The van der Waals surface area contributed by atoms with Crippen LogP contribution in [0.3, 0.4) is 0 Å². The molecule has 0 aromatic carbocycles. The fourth-order valence-electron chi connectivity index (χ4n) is 1.99. The predicted octanol–water partition coefficient (Wildman–Crippen LogP) is 1.04. The van der Waals surface area contributed by atoms with Crippen molar-refractivity contribution >= 4 is 23.3 Å². The molecule has 1 aromatic heterocycles. The van der Waals surface area contributed by atoms with E-state index in [1.165, 1.54) is 16.2 Å². The summed E-state index contributed by atoms with van der Waals surface area (Å²) in [5.41, 5.74) is 0. The normalized spacial score (nSPS) is 18.1. The molecule has 1 fully saturated rings. The molecule has 104 valence electrons. The van der Waals surface area contributed by atoms with Gasteiger partial charge in [0.2, 0.25) is 0 Å². The number of piperidine rings is 1. The minimum absolute atomic E-state index is 0.364. The number of hydrogen-bond donors (Lipinski definition) is 3. The number of nitrogens with one attached hydrogen (secondary N) is 1. The minimum atomic E-state index is -1.08. The summed E-state index contributed by atoms with van der Waals surface area (Å²) in [7, 11) is 0. The maximum Gasteiger partial charge on any atom is 0.331 e. The van der Waals surface area contributed by atoms with Gasteiger partial charge in [-0.05, 0) is 24.3 Å². The van der Waals surface area contributed by atoms with Gasteiger partial charge in [-0.25, -0.2) is 9.59 Å². The first kappa shape index (κ1) is 13.8. The average molecular weight is 284 g/mol. The van der Waals surface area contributed by atoms with Gasteiger partial charge in [0.05, 0.1) is 6.10 Å². The van der Waals surface area contributed by atoms with Crippen LogP contribution in [0.1, 0.15) is 23.8 Å². The number of amides is 2. The number of thiophene rings is 1. The molecular weight excluding hydrogens is 268 g/mol. The van der Waals surface area contributed by atoms with Gasteiger partial charge in [0, 0.05) is 18.0 Å². The number of carbonyl (C=O) groups is 2. The quantitative estimate of drug-likeness (QED) is 0.773. The Morgan fingerprint density at radius 3 is 2.63 bits per heavy atom. The van der Waals surface area contributed by atoms with Crippen LogP contribution >= 0.6 is 11.3 Å². The lowest BCUT2D eigenvalue weighted by Gasteiger charge is -2.30. The van der Waals surface area contributed by atoms with Crippen molar-refractivity contribution in [3.8, 4) is 0 Å². The van der Waals surface area contributed by atoms with Crippen molar-refractivity contribution in [1.82, 2.24) is 10.2 Å². The Hall–Kier alpha value is -1.60. The lowest BCUT2D eigenvalue weighted by molar-refractivity contribution is -0.139. The van der Waals surface area contributed by atoms with E-state index in [2.05, 4.69) is 5.32 Å². The van der Waals surface area contributed by atoms with E-state index in [9.17, 15) is 14.7 Å². The van der Waals surface area contributed by atoms with Crippen molar-refractivity contribution in [2.24, 2.45) is 0 Å². The van der Waals surface area contributed by atoms with Crippen LogP contribution in [0.15, 0.2) is 17.5 Å². The molecule has 7 heteroatoms. The summed E-state index contributed by atoms with van der Waals surface area (Å²) in [5, 5.41) is 22.8. The van der Waals surface area contributed by atoms with E-state index in [4.69, 9.17) is 5.11 Å². The van der Waals surface area contributed by atoms with Crippen LogP contribution in [0.25, 0.3) is 0 Å². The molecule has 19 heavy (non-hydrogen) atoms. The van der Waals surface area contributed by atoms with Crippen molar-refractivity contribution in [1.29, 1.82) is 0 Å². The number of nitrogens with zero attached hydrogens (tertiary/aromatic N) is 1. The Bertz CT molecular complexity index is 441. The monoisotopic (exact) mass is 284 g/mol. The Labute approximate surface area is 114 Å². The maximum atomic E-state index is 12.0. The van der Waals surface area contributed by atoms with Crippen LogP contribution in [-0.4, -0.2) is 46.3 Å². The fraction of sp³-hybridized carbons (Fsp3) is 0.500. The molecule has 2 heterocycles. The van der Waals surface area contributed by atoms with Crippen molar-refractivity contribution < 1.29 is 19.8 Å². The highest BCUT2D eigenvalue weighted by molar-refractivity contribution is 7.10. The molecular formula is C12H16N2O4S. The number of likely N-dealkylation sites (tertiary alicyclic amines) is 1. The van der Waals surface area contributed by atoms with Crippen LogP contribution in [0.4, 0.5) is 4.79 Å². The molecule has 2 rings (SSSR count). The van der Waals surface area contributed by atoms with Crippen molar-refractivity contribution in [2.75, 3.05) is 13.1 Å². The molecule has 1 aliphatic heterocycles. The second-order valence-electron chi connectivity index (χ2n) is 4.45. The molecule has 0 bridgehead atoms. The molecule has 2 amide bonds. The summed E-state index contributed by atoms with van der Waals surface area (Å²) in [6.07, 6.45) is 0.700. The summed E-state index contributed by atoms with van der Waals surface area (Å²) in [6.45, 7) is 0.896. The zero-order chi connectivity index (χ0) is 13.8. The molecule has 3 N–H and O–H groups in total. The zero-order valence-corrected chi connectivity index (χ0v) is 11.1. The zero-order valence-electron chi connectivity index (χ0n) is 10.3. The number of rotatable bonds is 3. The van der Waals surface area contributed by atoms with Crippen LogP contribution in [0.5, 0.6) is 0 Å². The first-order valence-electron chi connectivity index (χ1n) is 6.07. The van der Waals surface area contributed by atoms with E-state index in [0.717, 1.165) is 0 Å². The summed E-state index contributed by atoms with van der Waals surface area (Å²) in [6, 6.07) is 2.02. The molecule has 1 atom stereocenters. The SMILES string of the molecule is O=C(O)C(NC(=O)N1CCC(O)CC1)c1cccs1. The topological polar surface area (TPSA) is 89.9 Å². The number of aliphatic carboxylic acids is 1. The molecule has 0 aliphatic carbocycles. The first-order chi connectivity index (χ1) is 9.08. The highest BCUT2D eigenvalue weighted by Crippen LogP contribution is 2.20. The third kappa shape index (κ3) is 3.45. The summed E-state index contributed by atoms with van der Waals surface area (Å²) >= 11 is 1.29. The van der Waals surface area contributed by atoms with Crippen LogP contribution in [0, 0.1) is 0 Å². The Morgan fingerprint density at radius 1 is 1.42 bits per heavy atom. The standard InChI is InChI=1S/C12H16N2O4S/c15-8-3-5-14(6-4-8)12(18)13-10(11(16)17)9-2-1-7-19-9/h1-2,7-8,10,15H,3-6H2,(H,13,18)(H,16,17). The number of hydrogen-bond acceptors (Lipinski definition) is 4. The molecule has 6 nitrogen and oxygen atoms in total. The number of carboxylic acids is 1. The second kappa shape index (κ2) is 6.03. The molecule has 0 radical (unpaired) electrons. The molecule has 1 aromatic rings. The highest BCUT2D eigenvalue weighted by Gasteiger charge is 2.27. The Kier molecular flexibility index (Phi) is 4.39. The van der Waals surface area contributed by atoms with E-state index in [1.54, 1.807) is 17.5 Å². The number of urea groups is 1. The van der Waals surface area contributed by atoms with E-state index >= 15 is 0 Å². The lowest BCUT2D eigenvalue weighted by atomic mass is 10.1. The smallest absolute Gasteiger partial charge is 0.331 e. The molecule has 1 unspecified atom stereocenters. The number of carboxylic acid groups (broad SMARTS) is 1. The first-order valence-corrected chi connectivity index (χ1v) is 6.95. The van der Waals surface area contributed by atoms with Gasteiger partial charge in [0.15, 0.2) is 6.04 Å². The lowest BCUT2D eigenvalue weighted by Crippen LogP contribution is -2.47. The van der Waals surface area contributed by atoms with Gasteiger partial charge in [-0.2, -0.15) is 0 Å². The van der Waals surface area contributed by atoms with Gasteiger partial charge in [-0.15, -0.1) is 11.3 Å². The largest absolute Gasteiger partial charge is 0.479 e. The maximum absolute atomic E-state index is 12.0. The average Bonchev–Trinajstić information content (AvgIpc) is 2.89. The van der Waals surface area contributed by atoms with Crippen LogP contribution in [-0.2, 0) is 4.79 Å². The number of aliphatic hydroxyl groups excluding tert-OH is 1. The Morgan fingerprint density at radius 2 is 2.11 bits per heavy atom. The van der Waals surface area contributed by atoms with Gasteiger partial charge < -0.3 is 20.4 Å². The Balaban J connectivity index is 1.98. The van der Waals surface area contributed by atoms with Gasteiger partial charge in [-0.1, -0.05) is 6.07 Å². The summed E-state index contributed by atoms with van der Waals surface area (Å²) in [4.78, 5) is 25.3. The molecule has 0 spiro atoms. The summed E-state index contributed by atoms with van der Waals surface area (Å²) < 4.78 is 0. The van der Waals surface area contributed by atoms with E-state index < -0.39 is 18.0 Å². The van der Waals surface area contributed by atoms with Crippen molar-refractivity contribution in [3.63, 3.8) is 0 Å². The number of aliphatic hydroxyl groups is 1. The third-order valence-electron chi connectivity index (χ3n) is 3.09. The van der Waals surface area contributed by atoms with Crippen LogP contribution < -0.4 is 5.32 Å². The van der Waals surface area contributed by atoms with Crippen LogP contribution in [0.2, 0.25) is 0 Å². The van der Waals surface area contributed by atoms with Crippen molar-refractivity contribution in [3.05, 3.63) is 22.4 Å². The van der Waals surface area contributed by atoms with Crippen molar-refractivity contribution in [2.45, 2.75) is 25.0 Å². The summed E-state index contributed by atoms with van der Waals surface area (Å²) in [5.74, 6) is -1.08. The predicted molar refractivity (Wildman–Crippen MR) is 70.0 cm³/mol. The van der Waals surface area contributed by atoms with Gasteiger partial charge >= 0.3 is 12.0 Å². The number of carbonyl (C=O) groups excluding carboxylic acids is 1. The highest BCUT2D eigenvalue weighted by atomic mass is 32.1. The fourth-order valence-corrected chi connectivity index (χ4v) is 2.76. The van der Waals surface area contributed by atoms with Gasteiger partial charge in [0.25, 0.3) is 0 Å². The minimum Gasteiger partial charge on any atom is -0.479 e. The van der Waals surface area contributed by atoms with Gasteiger partial charge in [-0.3, -0.25) is 0 Å². The molecule has 0 saturated carbocycles.